The van der Waals surface area contributed by atoms with Gasteiger partial charge in [-0.3, -0.25) is 0 Å². The van der Waals surface area contributed by atoms with E-state index in [1.807, 2.05) is 13.8 Å². The monoisotopic (exact) mass is 170 g/mol. The fraction of sp³-hybridized carbons (Fsp3) is 0.714. The fourth-order valence-electron chi connectivity index (χ4n) is 0.998. The van der Waals surface area contributed by atoms with Crippen LogP contribution in [0, 0.1) is 0 Å². The second-order valence-corrected chi connectivity index (χ2v) is 2.92. The maximum atomic E-state index is 8.88. The van der Waals surface area contributed by atoms with Gasteiger partial charge in [0.25, 0.3) is 0 Å². The van der Waals surface area contributed by atoms with Crippen LogP contribution in [0.2, 0.25) is 0 Å². The van der Waals surface area contributed by atoms with Crippen LogP contribution in [0.4, 0.5) is 0 Å². The zero-order chi connectivity index (χ0) is 9.14. The highest BCUT2D eigenvalue weighted by Crippen LogP contribution is 2.12. The molecular weight excluding hydrogens is 156 g/mol. The van der Waals surface area contributed by atoms with E-state index >= 15 is 0 Å². The Morgan fingerprint density at radius 2 is 2.33 bits per heavy atom. The molecule has 1 rings (SSSR count). The van der Waals surface area contributed by atoms with Crippen molar-refractivity contribution in [1.29, 1.82) is 0 Å². The van der Waals surface area contributed by atoms with Crippen LogP contribution in [0.5, 0.6) is 0 Å². The lowest BCUT2D eigenvalue weighted by atomic mass is 10.2. The van der Waals surface area contributed by atoms with Gasteiger partial charge in [0, 0.05) is 6.04 Å². The molecule has 1 heterocycles. The Kier molecular flexibility index (Phi) is 2.78. The number of rotatable bonds is 3. The number of nitrogens with two attached hydrogens (primary N) is 1. The van der Waals surface area contributed by atoms with Gasteiger partial charge in [-0.15, -0.1) is 5.10 Å². The Bertz CT molecular complexity index is 245. The molecule has 3 N–H and O–H groups in total. The molecule has 0 aliphatic carbocycles. The Hall–Kier alpha value is -0.940. The molecule has 0 saturated carbocycles. The number of aliphatic hydroxyl groups excluding tert-OH is 1. The van der Waals surface area contributed by atoms with Gasteiger partial charge < -0.3 is 10.8 Å². The largest absolute Gasteiger partial charge is 0.394 e. The lowest BCUT2D eigenvalue weighted by Crippen LogP contribution is -2.18. The molecule has 1 aromatic rings. The van der Waals surface area contributed by atoms with Crippen LogP contribution in [-0.2, 0) is 0 Å². The van der Waals surface area contributed by atoms with Gasteiger partial charge >= 0.3 is 0 Å². The van der Waals surface area contributed by atoms with Crippen molar-refractivity contribution in [3.8, 4) is 0 Å². The Balaban J connectivity index is 2.91. The van der Waals surface area contributed by atoms with Crippen LogP contribution in [0.3, 0.4) is 0 Å². The zero-order valence-corrected chi connectivity index (χ0v) is 7.31. The predicted molar refractivity (Wildman–Crippen MR) is 44.4 cm³/mol. The van der Waals surface area contributed by atoms with Crippen molar-refractivity contribution in [1.82, 2.24) is 15.0 Å². The summed E-state index contributed by atoms with van der Waals surface area (Å²) in [6.45, 7) is 3.77. The first-order valence-electron chi connectivity index (χ1n) is 3.93. The first kappa shape index (κ1) is 9.15. The Labute approximate surface area is 71.2 Å². The number of nitrogens with zero attached hydrogens (tertiary/aromatic N) is 3. The highest BCUT2D eigenvalue weighted by molar-refractivity contribution is 5.00. The molecule has 0 amide bonds. The van der Waals surface area contributed by atoms with Gasteiger partial charge in [0.15, 0.2) is 0 Å². The van der Waals surface area contributed by atoms with E-state index in [1.165, 1.54) is 0 Å². The topological polar surface area (TPSA) is 77.0 Å². The van der Waals surface area contributed by atoms with Gasteiger partial charge in [-0.1, -0.05) is 5.21 Å². The van der Waals surface area contributed by atoms with Crippen LogP contribution < -0.4 is 5.73 Å². The molecule has 2 atom stereocenters. The van der Waals surface area contributed by atoms with Gasteiger partial charge in [0.05, 0.1) is 24.5 Å². The van der Waals surface area contributed by atoms with E-state index in [9.17, 15) is 0 Å². The predicted octanol–water partition coefficient (Wildman–Crippen LogP) is -0.149. The zero-order valence-electron chi connectivity index (χ0n) is 7.31. The first-order valence-corrected chi connectivity index (χ1v) is 3.93. The second kappa shape index (κ2) is 3.64. The third-order valence-corrected chi connectivity index (χ3v) is 1.75. The van der Waals surface area contributed by atoms with Gasteiger partial charge in [-0.2, -0.15) is 0 Å². The number of hydrogen-bond donors (Lipinski definition) is 2. The molecule has 5 nitrogen and oxygen atoms in total. The minimum atomic E-state index is -0.103. The average molecular weight is 170 g/mol. The highest BCUT2D eigenvalue weighted by atomic mass is 16.3. The van der Waals surface area contributed by atoms with Crippen molar-refractivity contribution < 1.29 is 5.11 Å². The SMILES string of the molecule is CC(N)c1cnnn1C(C)CO. The van der Waals surface area contributed by atoms with Gasteiger partial charge in [0.2, 0.25) is 0 Å². The molecule has 0 saturated heterocycles. The summed E-state index contributed by atoms with van der Waals surface area (Å²) in [4.78, 5) is 0. The summed E-state index contributed by atoms with van der Waals surface area (Å²) in [6, 6.07) is -0.164. The Morgan fingerprint density at radius 3 is 2.83 bits per heavy atom. The molecule has 0 aromatic carbocycles. The van der Waals surface area contributed by atoms with E-state index < -0.39 is 0 Å². The van der Waals surface area contributed by atoms with Gasteiger partial charge in [-0.25, -0.2) is 4.68 Å². The summed E-state index contributed by atoms with van der Waals surface area (Å²) in [7, 11) is 0. The molecule has 1 aromatic heterocycles. The molecular formula is C7H14N4O. The quantitative estimate of drug-likeness (QED) is 0.661. The summed E-state index contributed by atoms with van der Waals surface area (Å²) < 4.78 is 1.64. The fourth-order valence-corrected chi connectivity index (χ4v) is 0.998. The smallest absolute Gasteiger partial charge is 0.0755 e. The molecule has 0 radical (unpaired) electrons. The number of aromatic nitrogens is 3. The van der Waals surface area contributed by atoms with Crippen LogP contribution in [0.15, 0.2) is 6.20 Å². The lowest BCUT2D eigenvalue weighted by Gasteiger charge is -2.13. The van der Waals surface area contributed by atoms with Crippen molar-refractivity contribution >= 4 is 0 Å². The van der Waals surface area contributed by atoms with Crippen LogP contribution >= 0.6 is 0 Å². The molecule has 0 aliphatic heterocycles. The summed E-state index contributed by atoms with van der Waals surface area (Å²) >= 11 is 0. The minimum Gasteiger partial charge on any atom is -0.394 e. The maximum Gasteiger partial charge on any atom is 0.0755 e. The van der Waals surface area contributed by atoms with E-state index in [4.69, 9.17) is 10.8 Å². The third kappa shape index (κ3) is 1.62. The molecule has 0 spiro atoms. The summed E-state index contributed by atoms with van der Waals surface area (Å²) in [5.74, 6) is 0. The van der Waals surface area contributed by atoms with Crippen molar-refractivity contribution in [3.05, 3.63) is 11.9 Å². The molecule has 2 unspecified atom stereocenters. The standard InChI is InChI=1S/C7H14N4O/c1-5(4-12)11-7(6(2)8)3-9-10-11/h3,5-6,12H,4,8H2,1-2H3. The van der Waals surface area contributed by atoms with Crippen LogP contribution in [-0.4, -0.2) is 26.7 Å². The second-order valence-electron chi connectivity index (χ2n) is 2.92. The maximum absolute atomic E-state index is 8.88. The van der Waals surface area contributed by atoms with E-state index in [-0.39, 0.29) is 18.7 Å². The highest BCUT2D eigenvalue weighted by Gasteiger charge is 2.12. The van der Waals surface area contributed by atoms with E-state index in [2.05, 4.69) is 10.3 Å². The van der Waals surface area contributed by atoms with Gasteiger partial charge in [0.1, 0.15) is 0 Å². The summed E-state index contributed by atoms with van der Waals surface area (Å²) in [5, 5.41) is 16.5. The third-order valence-electron chi connectivity index (χ3n) is 1.75. The van der Waals surface area contributed by atoms with E-state index in [0.29, 0.717) is 0 Å². The molecule has 0 bridgehead atoms. The van der Waals surface area contributed by atoms with Crippen LogP contribution in [0.25, 0.3) is 0 Å². The summed E-state index contributed by atoms with van der Waals surface area (Å²) in [6.07, 6.45) is 1.62. The molecule has 68 valence electrons. The average Bonchev–Trinajstić information content (AvgIpc) is 2.50. The van der Waals surface area contributed by atoms with Crippen molar-refractivity contribution in [3.63, 3.8) is 0 Å². The molecule has 0 fully saturated rings. The van der Waals surface area contributed by atoms with Crippen molar-refractivity contribution in [2.75, 3.05) is 6.61 Å². The molecule has 12 heavy (non-hydrogen) atoms. The molecule has 5 heteroatoms. The van der Waals surface area contributed by atoms with Crippen molar-refractivity contribution in [2.24, 2.45) is 5.73 Å². The van der Waals surface area contributed by atoms with Crippen molar-refractivity contribution in [2.45, 2.75) is 25.9 Å². The summed E-state index contributed by atoms with van der Waals surface area (Å²) in [5.41, 5.74) is 6.51. The number of hydrogen-bond acceptors (Lipinski definition) is 4. The number of aliphatic hydroxyl groups is 1. The first-order chi connectivity index (χ1) is 5.66. The minimum absolute atomic E-state index is 0.0447. The van der Waals surface area contributed by atoms with Crippen LogP contribution in [0.1, 0.15) is 31.6 Å². The Morgan fingerprint density at radius 1 is 1.67 bits per heavy atom. The van der Waals surface area contributed by atoms with E-state index in [0.717, 1.165) is 5.69 Å². The molecule has 0 aliphatic rings. The van der Waals surface area contributed by atoms with E-state index in [1.54, 1.807) is 10.9 Å². The van der Waals surface area contributed by atoms with Gasteiger partial charge in [-0.05, 0) is 13.8 Å². The normalized spacial score (nSPS) is 16.0. The lowest BCUT2D eigenvalue weighted by molar-refractivity contribution is 0.224.